The standard InChI is InChI=1S/C3H9N.CH5NO4S2.CH4/c1-4(2)3;1-2(7(3)4)8(5)6;/h1-3H3;1H3,(H,3,4)(H,5,6);1H4/p-2. The van der Waals surface area contributed by atoms with Gasteiger partial charge in [0.25, 0.3) is 0 Å². The Bertz CT molecular complexity index is 148. The molecule has 0 N–H and O–H groups in total. The lowest BCUT2D eigenvalue weighted by Gasteiger charge is -2.19. The molecule has 0 radical (unpaired) electrons. The Hall–Kier alpha value is 0.140. The summed E-state index contributed by atoms with van der Waals surface area (Å²) in [6, 6.07) is 0. The molecule has 0 aromatic carbocycles. The van der Waals surface area contributed by atoms with Crippen molar-refractivity contribution in [3.05, 3.63) is 0 Å². The second kappa shape index (κ2) is 10.2. The quantitative estimate of drug-likeness (QED) is 0.589. The molecule has 0 aliphatic heterocycles. The van der Waals surface area contributed by atoms with Gasteiger partial charge in [0.15, 0.2) is 0 Å². The smallest absolute Gasteiger partial charge is 0.0320 e. The Morgan fingerprint density at radius 2 is 1.08 bits per heavy atom. The molecule has 0 saturated heterocycles. The Morgan fingerprint density at radius 1 is 0.923 bits per heavy atom. The minimum Gasteiger partial charge on any atom is -0.759 e. The maximum atomic E-state index is 9.67. The van der Waals surface area contributed by atoms with Crippen LogP contribution in [-0.4, -0.2) is 54.3 Å². The lowest BCUT2D eigenvalue weighted by molar-refractivity contribution is 0.466. The van der Waals surface area contributed by atoms with E-state index in [1.165, 1.54) is 0 Å². The van der Waals surface area contributed by atoms with Gasteiger partial charge < -0.3 is 14.0 Å². The van der Waals surface area contributed by atoms with Crippen LogP contribution in [-0.2, 0) is 22.5 Å². The summed E-state index contributed by atoms with van der Waals surface area (Å²) in [7, 11) is 6.92. The summed E-state index contributed by atoms with van der Waals surface area (Å²) in [6.45, 7) is 0. The summed E-state index contributed by atoms with van der Waals surface area (Å²) in [5.41, 5.74) is 0. The number of hydrogen-bond acceptors (Lipinski definition) is 5. The fourth-order valence-electron chi connectivity index (χ4n) is 0.0497. The zero-order chi connectivity index (χ0) is 10.3. The van der Waals surface area contributed by atoms with Crippen molar-refractivity contribution in [2.75, 3.05) is 28.2 Å². The molecule has 0 aromatic heterocycles. The van der Waals surface area contributed by atoms with Crippen LogP contribution in [0.25, 0.3) is 0 Å². The van der Waals surface area contributed by atoms with Crippen LogP contribution < -0.4 is 0 Å². The molecule has 0 rings (SSSR count). The maximum Gasteiger partial charge on any atom is 0.0320 e. The average molecular weight is 232 g/mol. The first-order chi connectivity index (χ1) is 5.29. The lowest BCUT2D eigenvalue weighted by Crippen LogP contribution is -2.22. The highest BCUT2D eigenvalue weighted by atomic mass is 32.3. The van der Waals surface area contributed by atoms with Crippen molar-refractivity contribution in [1.82, 2.24) is 8.61 Å². The zero-order valence-corrected chi connectivity index (χ0v) is 8.98. The van der Waals surface area contributed by atoms with Gasteiger partial charge in [0.1, 0.15) is 0 Å². The van der Waals surface area contributed by atoms with E-state index in [0.29, 0.717) is 0 Å². The van der Waals surface area contributed by atoms with Crippen molar-refractivity contribution in [3.8, 4) is 0 Å². The van der Waals surface area contributed by atoms with Crippen LogP contribution in [0.3, 0.4) is 0 Å². The van der Waals surface area contributed by atoms with E-state index >= 15 is 0 Å². The van der Waals surface area contributed by atoms with Crippen LogP contribution in [0.1, 0.15) is 7.43 Å². The van der Waals surface area contributed by atoms with Crippen LogP contribution in [0.4, 0.5) is 0 Å². The third-order valence-corrected chi connectivity index (χ3v) is 1.99. The average Bonchev–Trinajstić information content (AvgIpc) is 1.84. The molecule has 6 nitrogen and oxygen atoms in total. The molecule has 0 aromatic rings. The molecule has 0 aliphatic rings. The normalized spacial score (nSPS) is 14.2. The molecule has 13 heavy (non-hydrogen) atoms. The lowest BCUT2D eigenvalue weighted by atomic mass is 11.0. The molecule has 84 valence electrons. The third-order valence-electron chi connectivity index (χ3n) is 0.420. The van der Waals surface area contributed by atoms with E-state index in [1.807, 2.05) is 26.0 Å². The van der Waals surface area contributed by atoms with Crippen LogP contribution in [0.5, 0.6) is 0 Å². The molecule has 0 saturated carbocycles. The molecule has 0 spiro atoms. The van der Waals surface area contributed by atoms with Gasteiger partial charge in [0.2, 0.25) is 0 Å². The van der Waals surface area contributed by atoms with Gasteiger partial charge in [-0.3, -0.25) is 8.42 Å². The first-order valence-corrected chi connectivity index (χ1v) is 4.88. The first kappa shape index (κ1) is 18.8. The van der Waals surface area contributed by atoms with Gasteiger partial charge in [0, 0.05) is 29.6 Å². The first-order valence-electron chi connectivity index (χ1n) is 2.82. The van der Waals surface area contributed by atoms with Gasteiger partial charge in [-0.15, -0.1) is 0 Å². The van der Waals surface area contributed by atoms with Crippen molar-refractivity contribution >= 4 is 22.5 Å². The molecule has 8 heteroatoms. The van der Waals surface area contributed by atoms with E-state index in [0.717, 1.165) is 7.05 Å². The Morgan fingerprint density at radius 3 is 1.08 bits per heavy atom. The molecule has 0 bridgehead atoms. The molecule has 0 aliphatic carbocycles. The van der Waals surface area contributed by atoms with Crippen molar-refractivity contribution in [2.45, 2.75) is 7.43 Å². The molecule has 2 unspecified atom stereocenters. The highest BCUT2D eigenvalue weighted by Gasteiger charge is 1.92. The molecule has 0 heterocycles. The highest BCUT2D eigenvalue weighted by molar-refractivity contribution is 7.92. The Balaban J connectivity index is -0.000000173. The second-order valence-electron chi connectivity index (χ2n) is 2.22. The molecule has 0 amide bonds. The Kier molecular flexibility index (Phi) is 14.8. The molecule has 2 atom stereocenters. The van der Waals surface area contributed by atoms with Gasteiger partial charge in [-0.2, -0.15) is 3.71 Å². The monoisotopic (exact) mass is 232 g/mol. The zero-order valence-electron chi connectivity index (χ0n) is 7.34. The summed E-state index contributed by atoms with van der Waals surface area (Å²) in [5, 5.41) is 0. The van der Waals surface area contributed by atoms with Crippen LogP contribution in [0, 0.1) is 0 Å². The summed E-state index contributed by atoms with van der Waals surface area (Å²) in [6.07, 6.45) is 0. The molecular weight excluding hydrogens is 216 g/mol. The SMILES string of the molecule is C.CN(C)C.CN(S(=O)[O-])S(=O)[O-]. The van der Waals surface area contributed by atoms with Crippen LogP contribution in [0.15, 0.2) is 0 Å². The predicted octanol–water partition coefficient (Wildman–Crippen LogP) is -0.680. The van der Waals surface area contributed by atoms with E-state index in [1.54, 1.807) is 0 Å². The van der Waals surface area contributed by atoms with Gasteiger partial charge in [0.05, 0.1) is 0 Å². The van der Waals surface area contributed by atoms with Crippen molar-refractivity contribution in [1.29, 1.82) is 0 Å². The molecular formula is C5H16N2O4S2-2. The van der Waals surface area contributed by atoms with E-state index < -0.39 is 22.5 Å². The van der Waals surface area contributed by atoms with Crippen molar-refractivity contribution < 1.29 is 17.5 Å². The Labute approximate surface area is 84.8 Å². The van der Waals surface area contributed by atoms with E-state index in [9.17, 15) is 17.5 Å². The summed E-state index contributed by atoms with van der Waals surface area (Å²) < 4.78 is 38.9. The van der Waals surface area contributed by atoms with Crippen molar-refractivity contribution in [2.24, 2.45) is 0 Å². The molecule has 0 fully saturated rings. The fraction of sp³-hybridized carbons (Fsp3) is 1.00. The van der Waals surface area contributed by atoms with Crippen molar-refractivity contribution in [3.63, 3.8) is 0 Å². The summed E-state index contributed by atoms with van der Waals surface area (Å²) in [5.74, 6) is 0. The maximum absolute atomic E-state index is 9.67. The number of rotatable bonds is 2. The topological polar surface area (TPSA) is 86.7 Å². The van der Waals surface area contributed by atoms with E-state index in [-0.39, 0.29) is 11.1 Å². The number of nitrogens with zero attached hydrogens (tertiary/aromatic N) is 2. The predicted molar refractivity (Wildman–Crippen MR) is 51.9 cm³/mol. The van der Waals surface area contributed by atoms with Crippen LogP contribution >= 0.6 is 0 Å². The van der Waals surface area contributed by atoms with Gasteiger partial charge in [-0.1, -0.05) is 7.43 Å². The highest BCUT2D eigenvalue weighted by Crippen LogP contribution is 1.86. The minimum atomic E-state index is -2.67. The summed E-state index contributed by atoms with van der Waals surface area (Å²) in [4.78, 5) is 2.00. The third kappa shape index (κ3) is 18.8. The van der Waals surface area contributed by atoms with E-state index in [2.05, 4.69) is 0 Å². The second-order valence-corrected chi connectivity index (χ2v) is 4.41. The van der Waals surface area contributed by atoms with Crippen LogP contribution in [0.2, 0.25) is 0 Å². The van der Waals surface area contributed by atoms with E-state index in [4.69, 9.17) is 0 Å². The number of hydrogen-bond donors (Lipinski definition) is 0. The minimum absolute atomic E-state index is 0. The van der Waals surface area contributed by atoms with Gasteiger partial charge >= 0.3 is 0 Å². The van der Waals surface area contributed by atoms with Gasteiger partial charge in [-0.25, -0.2) is 0 Å². The summed E-state index contributed by atoms with van der Waals surface area (Å²) >= 11 is -5.34. The largest absolute Gasteiger partial charge is 0.759 e. The fourth-order valence-corrected chi connectivity index (χ4v) is 0.447. The van der Waals surface area contributed by atoms with Gasteiger partial charge in [-0.05, 0) is 21.1 Å².